The summed E-state index contributed by atoms with van der Waals surface area (Å²) in [7, 11) is 2.12. The maximum Gasteiger partial charge on any atom is 0.236 e. The number of amides is 1. The molecule has 1 amide bonds. The minimum atomic E-state index is 0.206. The van der Waals surface area contributed by atoms with Crippen LogP contribution in [0.25, 0.3) is 0 Å². The highest BCUT2D eigenvalue weighted by Crippen LogP contribution is 2.05. The number of likely N-dealkylation sites (N-methyl/N-ethyl adjacent to an activating group) is 1. The molecule has 0 aromatic carbocycles. The molecule has 2 saturated heterocycles. The average molecular weight is 227 g/mol. The van der Waals surface area contributed by atoms with Crippen LogP contribution in [0.15, 0.2) is 0 Å². The number of likely N-dealkylation sites (tertiary alicyclic amines) is 1. The Balaban J connectivity index is 1.66. The van der Waals surface area contributed by atoms with Crippen molar-refractivity contribution in [1.82, 2.24) is 15.1 Å². The van der Waals surface area contributed by atoms with Gasteiger partial charge in [0.15, 0.2) is 0 Å². The summed E-state index contributed by atoms with van der Waals surface area (Å²) < 4.78 is 5.22. The fourth-order valence-corrected chi connectivity index (χ4v) is 2.26. The van der Waals surface area contributed by atoms with E-state index in [4.69, 9.17) is 4.74 Å². The summed E-state index contributed by atoms with van der Waals surface area (Å²) in [6.07, 6.45) is 1.15. The van der Waals surface area contributed by atoms with E-state index >= 15 is 0 Å². The first kappa shape index (κ1) is 11.8. The molecule has 2 heterocycles. The van der Waals surface area contributed by atoms with Crippen molar-refractivity contribution >= 4 is 5.91 Å². The predicted molar refractivity (Wildman–Crippen MR) is 61.3 cm³/mol. The molecule has 1 atom stereocenters. The van der Waals surface area contributed by atoms with Gasteiger partial charge in [-0.2, -0.15) is 0 Å². The third-order valence-electron chi connectivity index (χ3n) is 3.30. The summed E-state index contributed by atoms with van der Waals surface area (Å²) in [6.45, 7) is 5.49. The molecule has 92 valence electrons. The Morgan fingerprint density at radius 3 is 2.75 bits per heavy atom. The summed E-state index contributed by atoms with van der Waals surface area (Å²) in [5.74, 6) is 0.206. The Morgan fingerprint density at radius 2 is 2.12 bits per heavy atom. The van der Waals surface area contributed by atoms with E-state index in [1.807, 2.05) is 4.90 Å². The van der Waals surface area contributed by atoms with E-state index < -0.39 is 0 Å². The van der Waals surface area contributed by atoms with Gasteiger partial charge in [0.25, 0.3) is 0 Å². The maximum absolute atomic E-state index is 11.8. The first-order chi connectivity index (χ1) is 7.75. The van der Waals surface area contributed by atoms with Crippen LogP contribution >= 0.6 is 0 Å². The second-order valence-electron chi connectivity index (χ2n) is 4.62. The SMILES string of the molecule is CN1CCC(NCC(=O)N2CCOCC2)C1. The van der Waals surface area contributed by atoms with Gasteiger partial charge < -0.3 is 19.9 Å². The molecule has 0 bridgehead atoms. The molecule has 1 unspecified atom stereocenters. The molecule has 0 aliphatic carbocycles. The number of nitrogens with zero attached hydrogens (tertiary/aromatic N) is 2. The number of hydrogen-bond acceptors (Lipinski definition) is 4. The van der Waals surface area contributed by atoms with Gasteiger partial charge in [-0.25, -0.2) is 0 Å². The number of morpholine rings is 1. The lowest BCUT2D eigenvalue weighted by Gasteiger charge is -2.27. The topological polar surface area (TPSA) is 44.8 Å². The highest BCUT2D eigenvalue weighted by Gasteiger charge is 2.21. The normalized spacial score (nSPS) is 27.3. The molecule has 2 aliphatic heterocycles. The van der Waals surface area contributed by atoms with Gasteiger partial charge in [-0.05, 0) is 20.0 Å². The highest BCUT2D eigenvalue weighted by molar-refractivity contribution is 5.78. The summed E-state index contributed by atoms with van der Waals surface area (Å²) in [5, 5.41) is 3.34. The van der Waals surface area contributed by atoms with Gasteiger partial charge in [0.05, 0.1) is 19.8 Å². The van der Waals surface area contributed by atoms with Gasteiger partial charge in [-0.3, -0.25) is 4.79 Å². The third-order valence-corrected chi connectivity index (χ3v) is 3.30. The molecule has 16 heavy (non-hydrogen) atoms. The smallest absolute Gasteiger partial charge is 0.236 e. The van der Waals surface area contributed by atoms with Gasteiger partial charge in [0.2, 0.25) is 5.91 Å². The molecule has 2 aliphatic rings. The monoisotopic (exact) mass is 227 g/mol. The minimum absolute atomic E-state index is 0.206. The molecular weight excluding hydrogens is 206 g/mol. The standard InChI is InChI=1S/C11H21N3O2/c1-13-3-2-10(9-13)12-8-11(15)14-4-6-16-7-5-14/h10,12H,2-9H2,1H3. The van der Waals surface area contributed by atoms with E-state index in [1.165, 1.54) is 0 Å². The van der Waals surface area contributed by atoms with Crippen molar-refractivity contribution in [3.05, 3.63) is 0 Å². The van der Waals surface area contributed by atoms with E-state index in [1.54, 1.807) is 0 Å². The van der Waals surface area contributed by atoms with Crippen LogP contribution in [0.1, 0.15) is 6.42 Å². The minimum Gasteiger partial charge on any atom is -0.378 e. The van der Waals surface area contributed by atoms with E-state index in [9.17, 15) is 4.79 Å². The van der Waals surface area contributed by atoms with Crippen molar-refractivity contribution in [1.29, 1.82) is 0 Å². The zero-order valence-electron chi connectivity index (χ0n) is 9.95. The van der Waals surface area contributed by atoms with E-state index in [-0.39, 0.29) is 5.91 Å². The van der Waals surface area contributed by atoms with Crippen LogP contribution in [0, 0.1) is 0 Å². The lowest BCUT2D eigenvalue weighted by molar-refractivity contribution is -0.134. The van der Waals surface area contributed by atoms with Crippen LogP contribution in [0.3, 0.4) is 0 Å². The van der Waals surface area contributed by atoms with E-state index in [0.717, 1.165) is 32.6 Å². The van der Waals surface area contributed by atoms with Crippen LogP contribution in [0.2, 0.25) is 0 Å². The number of nitrogens with one attached hydrogen (secondary N) is 1. The number of ether oxygens (including phenoxy) is 1. The van der Waals surface area contributed by atoms with Crippen LogP contribution in [0.5, 0.6) is 0 Å². The second-order valence-corrected chi connectivity index (χ2v) is 4.62. The van der Waals surface area contributed by atoms with Gasteiger partial charge in [0.1, 0.15) is 0 Å². The summed E-state index contributed by atoms with van der Waals surface area (Å²) in [5.41, 5.74) is 0. The number of rotatable bonds is 3. The number of carbonyl (C=O) groups is 1. The molecule has 2 rings (SSSR count). The Labute approximate surface area is 96.7 Å². The molecule has 1 N–H and O–H groups in total. The quantitative estimate of drug-likeness (QED) is 0.681. The molecule has 2 fully saturated rings. The van der Waals surface area contributed by atoms with Crippen LogP contribution < -0.4 is 5.32 Å². The van der Waals surface area contributed by atoms with Crippen molar-refractivity contribution < 1.29 is 9.53 Å². The van der Waals surface area contributed by atoms with E-state index in [0.29, 0.717) is 25.8 Å². The average Bonchev–Trinajstić information content (AvgIpc) is 2.73. The summed E-state index contributed by atoms with van der Waals surface area (Å²) in [4.78, 5) is 16.0. The fourth-order valence-electron chi connectivity index (χ4n) is 2.26. The van der Waals surface area contributed by atoms with Gasteiger partial charge in [-0.15, -0.1) is 0 Å². The van der Waals surface area contributed by atoms with Gasteiger partial charge in [-0.1, -0.05) is 0 Å². The molecule has 0 aromatic heterocycles. The third kappa shape index (κ3) is 3.17. The molecule has 5 heteroatoms. The second kappa shape index (κ2) is 5.61. The molecule has 0 spiro atoms. The van der Waals surface area contributed by atoms with Crippen molar-refractivity contribution in [2.75, 3.05) is 53.0 Å². The molecular formula is C11H21N3O2. The predicted octanol–water partition coefficient (Wildman–Crippen LogP) is -0.861. The Kier molecular flexibility index (Phi) is 4.15. The lowest BCUT2D eigenvalue weighted by Crippen LogP contribution is -2.46. The van der Waals surface area contributed by atoms with E-state index in [2.05, 4.69) is 17.3 Å². The number of hydrogen-bond donors (Lipinski definition) is 1. The van der Waals surface area contributed by atoms with Crippen molar-refractivity contribution in [3.63, 3.8) is 0 Å². The maximum atomic E-state index is 11.8. The van der Waals surface area contributed by atoms with Gasteiger partial charge in [0, 0.05) is 25.7 Å². The van der Waals surface area contributed by atoms with Crippen molar-refractivity contribution in [2.45, 2.75) is 12.5 Å². The van der Waals surface area contributed by atoms with Crippen LogP contribution in [-0.2, 0) is 9.53 Å². The zero-order chi connectivity index (χ0) is 11.4. The molecule has 5 nitrogen and oxygen atoms in total. The number of carbonyl (C=O) groups excluding carboxylic acids is 1. The first-order valence-electron chi connectivity index (χ1n) is 6.03. The van der Waals surface area contributed by atoms with Crippen LogP contribution in [-0.4, -0.2) is 74.7 Å². The zero-order valence-corrected chi connectivity index (χ0v) is 9.95. The molecule has 0 radical (unpaired) electrons. The first-order valence-corrected chi connectivity index (χ1v) is 6.03. The molecule has 0 saturated carbocycles. The Hall–Kier alpha value is -0.650. The summed E-state index contributed by atoms with van der Waals surface area (Å²) >= 11 is 0. The van der Waals surface area contributed by atoms with Gasteiger partial charge >= 0.3 is 0 Å². The lowest BCUT2D eigenvalue weighted by atomic mass is 10.2. The van der Waals surface area contributed by atoms with Crippen LogP contribution in [0.4, 0.5) is 0 Å². The molecule has 0 aromatic rings. The summed E-state index contributed by atoms with van der Waals surface area (Å²) in [6, 6.07) is 0.481. The highest BCUT2D eigenvalue weighted by atomic mass is 16.5. The fraction of sp³-hybridized carbons (Fsp3) is 0.909. The van der Waals surface area contributed by atoms with Crippen molar-refractivity contribution in [3.8, 4) is 0 Å². The largest absolute Gasteiger partial charge is 0.378 e. The Morgan fingerprint density at radius 1 is 1.38 bits per heavy atom. The van der Waals surface area contributed by atoms with Crippen molar-refractivity contribution in [2.24, 2.45) is 0 Å². The Bertz CT molecular complexity index is 241.